The lowest BCUT2D eigenvalue weighted by Crippen LogP contribution is -2.31. The Hall–Kier alpha value is -2.66. The van der Waals surface area contributed by atoms with Crippen LogP contribution in [0.15, 0.2) is 34.1 Å². The van der Waals surface area contributed by atoms with E-state index in [0.29, 0.717) is 0 Å². The number of nitrogens with one attached hydrogen (secondary N) is 2. The summed E-state index contributed by atoms with van der Waals surface area (Å²) in [6.07, 6.45) is -3.03. The monoisotopic (exact) mass is 466 g/mol. The summed E-state index contributed by atoms with van der Waals surface area (Å²) in [4.78, 5) is 22.2. The number of amides is 2. The number of carbonyl (C=O) groups is 1. The van der Waals surface area contributed by atoms with Crippen LogP contribution in [-0.4, -0.2) is 55.7 Å². The third kappa shape index (κ3) is 6.70. The number of halogens is 2. The van der Waals surface area contributed by atoms with Crippen LogP contribution in [0.3, 0.4) is 0 Å². The van der Waals surface area contributed by atoms with E-state index in [-0.39, 0.29) is 9.79 Å². The van der Waals surface area contributed by atoms with Crippen LogP contribution in [-0.2, 0) is 30.7 Å². The minimum Gasteiger partial charge on any atom is -0.467 e. The minimum atomic E-state index is -3.03. The van der Waals surface area contributed by atoms with Crippen LogP contribution in [0.5, 0.6) is 6.01 Å². The number of urea groups is 1. The molecule has 12 nitrogen and oxygen atoms in total. The van der Waals surface area contributed by atoms with Gasteiger partial charge in [0.05, 0.1) is 16.9 Å². The van der Waals surface area contributed by atoms with Crippen LogP contribution in [0, 0.1) is 0 Å². The SMILES string of the molecule is COc1nc(NC(=O)NOS(=O)c2ccccc2S(=O)ON(C)C)nc(C(F)F)n1. The molecule has 1 heterocycles. The van der Waals surface area contributed by atoms with Gasteiger partial charge in [0.25, 0.3) is 6.43 Å². The number of carbonyl (C=O) groups excluding carboxylic acids is 1. The van der Waals surface area contributed by atoms with Gasteiger partial charge in [-0.05, 0) is 12.1 Å². The Kier molecular flexibility index (Phi) is 8.60. The van der Waals surface area contributed by atoms with Crippen LogP contribution in [0.2, 0.25) is 0 Å². The van der Waals surface area contributed by atoms with Crippen LogP contribution in [0.4, 0.5) is 19.5 Å². The molecule has 1 aromatic heterocycles. The van der Waals surface area contributed by atoms with Crippen molar-refractivity contribution in [3.05, 3.63) is 30.1 Å². The number of aromatic nitrogens is 3. The molecule has 0 radical (unpaired) electrons. The molecule has 164 valence electrons. The number of hydrogen-bond acceptors (Lipinski definition) is 10. The maximum absolute atomic E-state index is 12.8. The normalized spacial score (nSPS) is 13.2. The van der Waals surface area contributed by atoms with Gasteiger partial charge in [-0.25, -0.2) is 27.5 Å². The average molecular weight is 466 g/mol. The Morgan fingerprint density at radius 1 is 1.10 bits per heavy atom. The third-order valence-corrected chi connectivity index (χ3v) is 5.10. The molecule has 0 fully saturated rings. The van der Waals surface area contributed by atoms with Crippen LogP contribution in [0.25, 0.3) is 0 Å². The number of alkyl halides is 2. The van der Waals surface area contributed by atoms with Gasteiger partial charge in [-0.15, -0.1) is 0 Å². The first-order chi connectivity index (χ1) is 14.2. The van der Waals surface area contributed by atoms with Crippen molar-refractivity contribution in [3.63, 3.8) is 0 Å². The summed E-state index contributed by atoms with van der Waals surface area (Å²) in [7, 11) is 4.16. The fourth-order valence-electron chi connectivity index (χ4n) is 1.77. The highest BCUT2D eigenvalue weighted by molar-refractivity contribution is 7.83. The lowest BCUT2D eigenvalue weighted by Gasteiger charge is -2.12. The summed E-state index contributed by atoms with van der Waals surface area (Å²) in [5, 5.41) is 3.20. The van der Waals surface area contributed by atoms with E-state index >= 15 is 0 Å². The minimum absolute atomic E-state index is 0.0280. The van der Waals surface area contributed by atoms with Crippen molar-refractivity contribution >= 4 is 34.1 Å². The summed E-state index contributed by atoms with van der Waals surface area (Å²) in [5.74, 6) is -1.47. The first-order valence-electron chi connectivity index (χ1n) is 7.82. The zero-order chi connectivity index (χ0) is 22.3. The lowest BCUT2D eigenvalue weighted by atomic mass is 10.4. The zero-order valence-corrected chi connectivity index (χ0v) is 17.3. The molecule has 0 aliphatic heterocycles. The fourth-order valence-corrected chi connectivity index (χ4v) is 3.61. The maximum Gasteiger partial charge on any atom is 0.346 e. The smallest absolute Gasteiger partial charge is 0.346 e. The van der Waals surface area contributed by atoms with Crippen molar-refractivity contribution in [2.24, 2.45) is 0 Å². The number of rotatable bonds is 9. The number of nitrogens with zero attached hydrogens (tertiary/aromatic N) is 4. The quantitative estimate of drug-likeness (QED) is 0.516. The van der Waals surface area contributed by atoms with Gasteiger partial charge in [0.1, 0.15) is 0 Å². The second-order valence-electron chi connectivity index (χ2n) is 5.25. The van der Waals surface area contributed by atoms with Crippen molar-refractivity contribution in [1.82, 2.24) is 25.5 Å². The molecule has 0 bridgehead atoms. The number of methoxy groups -OCH3 is 1. The number of hydrogen-bond donors (Lipinski definition) is 2. The summed E-state index contributed by atoms with van der Waals surface area (Å²) in [6, 6.07) is 4.24. The van der Waals surface area contributed by atoms with Gasteiger partial charge in [0.15, 0.2) is 0 Å². The fraction of sp³-hybridized carbons (Fsp3) is 0.286. The number of hydroxylamine groups is 3. The topological polar surface area (TPSA) is 145 Å². The van der Waals surface area contributed by atoms with Gasteiger partial charge in [-0.2, -0.15) is 28.6 Å². The molecule has 2 rings (SSSR count). The van der Waals surface area contributed by atoms with E-state index in [9.17, 15) is 22.0 Å². The Bertz CT molecular complexity index is 951. The highest BCUT2D eigenvalue weighted by atomic mass is 32.2. The molecule has 16 heteroatoms. The molecule has 1 aromatic carbocycles. The van der Waals surface area contributed by atoms with Gasteiger partial charge in [0.2, 0.25) is 33.9 Å². The average Bonchev–Trinajstić information content (AvgIpc) is 2.71. The van der Waals surface area contributed by atoms with E-state index in [1.165, 1.54) is 37.4 Å². The van der Waals surface area contributed by atoms with Crippen molar-refractivity contribution in [3.8, 4) is 6.01 Å². The predicted molar refractivity (Wildman–Crippen MR) is 98.6 cm³/mol. The van der Waals surface area contributed by atoms with Gasteiger partial charge >= 0.3 is 12.0 Å². The zero-order valence-electron chi connectivity index (χ0n) is 15.7. The first kappa shape index (κ1) is 23.6. The molecule has 0 saturated carbocycles. The predicted octanol–water partition coefficient (Wildman–Crippen LogP) is 1.11. The second kappa shape index (κ2) is 10.9. The van der Waals surface area contributed by atoms with Gasteiger partial charge in [-0.1, -0.05) is 12.1 Å². The summed E-state index contributed by atoms with van der Waals surface area (Å²) in [5.41, 5.74) is 1.79. The van der Waals surface area contributed by atoms with Crippen molar-refractivity contribution < 1.29 is 35.3 Å². The molecular weight excluding hydrogens is 450 g/mol. The second-order valence-corrected chi connectivity index (χ2v) is 7.38. The summed E-state index contributed by atoms with van der Waals surface area (Å²) >= 11 is -4.28. The first-order valence-corrected chi connectivity index (χ1v) is 9.97. The van der Waals surface area contributed by atoms with E-state index in [1.54, 1.807) is 11.5 Å². The molecule has 0 aliphatic carbocycles. The van der Waals surface area contributed by atoms with Gasteiger partial charge in [0, 0.05) is 14.1 Å². The molecular formula is C14H16F2N6O6S2. The van der Waals surface area contributed by atoms with E-state index in [2.05, 4.69) is 19.7 Å². The summed E-state index contributed by atoms with van der Waals surface area (Å²) in [6.45, 7) is 0. The third-order valence-electron chi connectivity index (χ3n) is 2.87. The van der Waals surface area contributed by atoms with Crippen LogP contribution in [0.1, 0.15) is 12.2 Å². The number of benzene rings is 1. The Morgan fingerprint density at radius 3 is 2.30 bits per heavy atom. The van der Waals surface area contributed by atoms with E-state index in [0.717, 1.165) is 7.11 Å². The Balaban J connectivity index is 2.05. The highest BCUT2D eigenvalue weighted by Gasteiger charge is 2.20. The molecule has 0 aliphatic rings. The Labute approximate surface area is 174 Å². The van der Waals surface area contributed by atoms with Crippen molar-refractivity contribution in [1.29, 1.82) is 0 Å². The van der Waals surface area contributed by atoms with Crippen molar-refractivity contribution in [2.75, 3.05) is 26.5 Å². The van der Waals surface area contributed by atoms with E-state index in [1.807, 2.05) is 5.32 Å². The highest BCUT2D eigenvalue weighted by Crippen LogP contribution is 2.20. The maximum atomic E-state index is 12.8. The van der Waals surface area contributed by atoms with Crippen molar-refractivity contribution in [2.45, 2.75) is 16.2 Å². The van der Waals surface area contributed by atoms with Crippen LogP contribution < -0.4 is 15.5 Å². The van der Waals surface area contributed by atoms with E-state index in [4.69, 9.17) is 8.57 Å². The standard InChI is InChI=1S/C14H16F2N6O6S2/c1-22(2)28-30(25)9-7-5-4-6-8(9)29(24)27-21-13(23)19-12-17-11(10(15)16)18-14(20-12)26-3/h4-7,10H,1-3H3,(H2,17,18,19,20,21,23). The molecule has 2 unspecified atom stereocenters. The van der Waals surface area contributed by atoms with Gasteiger partial charge < -0.3 is 4.74 Å². The number of ether oxygens (including phenoxy) is 1. The molecule has 2 atom stereocenters. The Morgan fingerprint density at radius 2 is 1.73 bits per heavy atom. The van der Waals surface area contributed by atoms with Crippen LogP contribution >= 0.6 is 0 Å². The van der Waals surface area contributed by atoms with Gasteiger partial charge in [-0.3, -0.25) is 5.32 Å². The molecule has 30 heavy (non-hydrogen) atoms. The molecule has 0 spiro atoms. The largest absolute Gasteiger partial charge is 0.467 e. The molecule has 0 saturated heterocycles. The molecule has 2 amide bonds. The van der Waals surface area contributed by atoms with E-state index < -0.39 is 52.4 Å². The molecule has 2 N–H and O–H groups in total. The number of anilines is 1. The molecule has 2 aromatic rings. The lowest BCUT2D eigenvalue weighted by molar-refractivity contribution is 0.0135. The summed E-state index contributed by atoms with van der Waals surface area (Å²) < 4.78 is 64.5.